The van der Waals surface area contributed by atoms with E-state index in [-0.39, 0.29) is 0 Å². The van der Waals surface area contributed by atoms with Crippen LogP contribution < -0.4 is 0 Å². The van der Waals surface area contributed by atoms with Crippen LogP contribution in [0.1, 0.15) is 37.7 Å². The van der Waals surface area contributed by atoms with E-state index in [1.807, 2.05) is 24.4 Å². The minimum atomic E-state index is -0.709. The van der Waals surface area contributed by atoms with Crippen LogP contribution in [0.2, 0.25) is 0 Å². The van der Waals surface area contributed by atoms with Crippen molar-refractivity contribution in [2.45, 2.75) is 49.8 Å². The molecule has 0 radical (unpaired) electrons. The molecule has 3 heteroatoms. The summed E-state index contributed by atoms with van der Waals surface area (Å²) in [5, 5.41) is 12.4. The first-order valence-electron chi connectivity index (χ1n) is 7.95. The molecule has 2 atom stereocenters. The normalized spacial score (nSPS) is 33.2. The maximum atomic E-state index is 11.3. The lowest BCUT2D eigenvalue weighted by Gasteiger charge is -2.50. The Labute approximate surface area is 125 Å². The molecule has 1 aromatic heterocycles. The largest absolute Gasteiger partial charge is 0.385 e. The topological polar surface area (TPSA) is 36.4 Å². The van der Waals surface area contributed by atoms with Crippen molar-refractivity contribution in [2.75, 3.05) is 7.05 Å². The Hall–Kier alpha value is -1.45. The van der Waals surface area contributed by atoms with E-state index in [4.69, 9.17) is 0 Å². The third-order valence-corrected chi connectivity index (χ3v) is 5.50. The predicted octanol–water partition coefficient (Wildman–Crippen LogP) is 3.07. The quantitative estimate of drug-likeness (QED) is 0.873. The lowest BCUT2D eigenvalue weighted by atomic mass is 9.73. The molecule has 0 aliphatic carbocycles. The highest BCUT2D eigenvalue weighted by Gasteiger charge is 2.45. The molecule has 3 nitrogen and oxygen atoms in total. The first-order valence-corrected chi connectivity index (χ1v) is 7.95. The van der Waals surface area contributed by atoms with Gasteiger partial charge in [-0.1, -0.05) is 24.6 Å². The average Bonchev–Trinajstić information content (AvgIpc) is 2.49. The summed E-state index contributed by atoms with van der Waals surface area (Å²) in [6.07, 6.45) is 7.25. The van der Waals surface area contributed by atoms with Gasteiger partial charge in [-0.3, -0.25) is 4.98 Å². The van der Waals surface area contributed by atoms with Crippen molar-refractivity contribution in [3.05, 3.63) is 42.1 Å². The lowest BCUT2D eigenvalue weighted by molar-refractivity contribution is -0.0875. The second-order valence-electron chi connectivity index (χ2n) is 6.76. The Morgan fingerprint density at radius 2 is 1.90 bits per heavy atom. The van der Waals surface area contributed by atoms with E-state index in [0.717, 1.165) is 29.3 Å². The molecular formula is C18H22N2O. The number of para-hydroxylation sites is 1. The van der Waals surface area contributed by atoms with E-state index < -0.39 is 5.60 Å². The SMILES string of the molecule is CN1C2CCCC1CC(O)(c1cnc3ccccc3c1)C2. The Bertz CT molecular complexity index is 655. The fourth-order valence-corrected chi connectivity index (χ4v) is 4.21. The second kappa shape index (κ2) is 4.79. The van der Waals surface area contributed by atoms with Crippen molar-refractivity contribution in [3.63, 3.8) is 0 Å². The molecule has 3 heterocycles. The zero-order chi connectivity index (χ0) is 14.4. The van der Waals surface area contributed by atoms with Crippen molar-refractivity contribution in [2.24, 2.45) is 0 Å². The van der Waals surface area contributed by atoms with Gasteiger partial charge in [-0.05, 0) is 44.9 Å². The van der Waals surface area contributed by atoms with Crippen molar-refractivity contribution in [3.8, 4) is 0 Å². The summed E-state index contributed by atoms with van der Waals surface area (Å²) in [4.78, 5) is 7.02. The molecule has 0 saturated carbocycles. The van der Waals surface area contributed by atoms with Crippen LogP contribution in [-0.2, 0) is 5.60 Å². The number of fused-ring (bicyclic) bond motifs is 3. The van der Waals surface area contributed by atoms with Gasteiger partial charge >= 0.3 is 0 Å². The van der Waals surface area contributed by atoms with Crippen LogP contribution in [0, 0.1) is 0 Å². The smallest absolute Gasteiger partial charge is 0.0941 e. The van der Waals surface area contributed by atoms with Crippen molar-refractivity contribution >= 4 is 10.9 Å². The highest BCUT2D eigenvalue weighted by atomic mass is 16.3. The van der Waals surface area contributed by atoms with E-state index in [1.54, 1.807) is 0 Å². The maximum absolute atomic E-state index is 11.3. The van der Waals surface area contributed by atoms with Gasteiger partial charge in [-0.25, -0.2) is 0 Å². The molecule has 2 saturated heterocycles. The summed E-state index contributed by atoms with van der Waals surface area (Å²) < 4.78 is 0. The molecular weight excluding hydrogens is 260 g/mol. The molecule has 0 amide bonds. The minimum absolute atomic E-state index is 0.508. The number of aromatic nitrogens is 1. The van der Waals surface area contributed by atoms with Gasteiger partial charge in [0, 0.05) is 29.2 Å². The fraction of sp³-hybridized carbons (Fsp3) is 0.500. The summed E-state index contributed by atoms with van der Waals surface area (Å²) in [5.41, 5.74) is 1.28. The molecule has 2 aromatic rings. The highest BCUT2D eigenvalue weighted by Crippen LogP contribution is 2.43. The van der Waals surface area contributed by atoms with Gasteiger partial charge in [0.1, 0.15) is 0 Å². The number of nitrogens with zero attached hydrogens (tertiary/aromatic N) is 2. The Kier molecular flexibility index (Phi) is 3.02. The van der Waals surface area contributed by atoms with Crippen LogP contribution in [0.25, 0.3) is 10.9 Å². The van der Waals surface area contributed by atoms with Crippen LogP contribution in [0.5, 0.6) is 0 Å². The molecule has 2 aliphatic heterocycles. The summed E-state index contributed by atoms with van der Waals surface area (Å²) in [7, 11) is 2.21. The van der Waals surface area contributed by atoms with Crippen LogP contribution in [0.4, 0.5) is 0 Å². The van der Waals surface area contributed by atoms with Crippen LogP contribution in [-0.4, -0.2) is 34.1 Å². The van der Waals surface area contributed by atoms with Crippen molar-refractivity contribution < 1.29 is 5.11 Å². The van der Waals surface area contributed by atoms with E-state index >= 15 is 0 Å². The van der Waals surface area contributed by atoms with Crippen LogP contribution in [0.3, 0.4) is 0 Å². The van der Waals surface area contributed by atoms with Crippen molar-refractivity contribution in [1.82, 2.24) is 9.88 Å². The number of aliphatic hydroxyl groups is 1. The van der Waals surface area contributed by atoms with E-state index in [2.05, 4.69) is 29.1 Å². The molecule has 110 valence electrons. The van der Waals surface area contributed by atoms with E-state index in [9.17, 15) is 5.11 Å². The number of pyridine rings is 1. The predicted molar refractivity (Wildman–Crippen MR) is 84.1 cm³/mol. The molecule has 2 aliphatic rings. The van der Waals surface area contributed by atoms with Gasteiger partial charge in [0.2, 0.25) is 0 Å². The van der Waals surface area contributed by atoms with Crippen LogP contribution >= 0.6 is 0 Å². The molecule has 1 aromatic carbocycles. The van der Waals surface area contributed by atoms with Gasteiger partial charge in [0.15, 0.2) is 0 Å². The summed E-state index contributed by atoms with van der Waals surface area (Å²) >= 11 is 0. The summed E-state index contributed by atoms with van der Waals surface area (Å²) in [6, 6.07) is 11.3. The first kappa shape index (κ1) is 13.2. The van der Waals surface area contributed by atoms with Gasteiger partial charge in [0.25, 0.3) is 0 Å². The van der Waals surface area contributed by atoms with Gasteiger partial charge < -0.3 is 10.0 Å². The number of hydrogen-bond acceptors (Lipinski definition) is 3. The number of benzene rings is 1. The monoisotopic (exact) mass is 282 g/mol. The Balaban J connectivity index is 1.73. The molecule has 0 spiro atoms. The zero-order valence-corrected chi connectivity index (χ0v) is 12.5. The fourth-order valence-electron chi connectivity index (χ4n) is 4.21. The molecule has 2 unspecified atom stereocenters. The Morgan fingerprint density at radius 3 is 2.67 bits per heavy atom. The summed E-state index contributed by atoms with van der Waals surface area (Å²) in [6.45, 7) is 0. The molecule has 21 heavy (non-hydrogen) atoms. The number of rotatable bonds is 1. The average molecular weight is 282 g/mol. The third-order valence-electron chi connectivity index (χ3n) is 5.50. The van der Waals surface area contributed by atoms with E-state index in [1.165, 1.54) is 19.3 Å². The third kappa shape index (κ3) is 2.16. The molecule has 2 bridgehead atoms. The summed E-state index contributed by atoms with van der Waals surface area (Å²) in [5.74, 6) is 0. The lowest BCUT2D eigenvalue weighted by Crippen LogP contribution is -2.55. The Morgan fingerprint density at radius 1 is 1.19 bits per heavy atom. The number of piperidine rings is 2. The minimum Gasteiger partial charge on any atom is -0.385 e. The van der Waals surface area contributed by atoms with Gasteiger partial charge in [0.05, 0.1) is 11.1 Å². The van der Waals surface area contributed by atoms with Gasteiger partial charge in [-0.2, -0.15) is 0 Å². The zero-order valence-electron chi connectivity index (χ0n) is 12.5. The maximum Gasteiger partial charge on any atom is 0.0941 e. The standard InChI is InChI=1S/C18H22N2O/c1-20-15-6-4-7-16(20)11-18(21,10-15)14-9-13-5-2-3-8-17(13)19-12-14/h2-3,5,8-9,12,15-16,21H,4,6-7,10-11H2,1H3. The molecule has 4 rings (SSSR count). The highest BCUT2D eigenvalue weighted by molar-refractivity contribution is 5.78. The first-order chi connectivity index (χ1) is 10.2. The van der Waals surface area contributed by atoms with Gasteiger partial charge in [-0.15, -0.1) is 0 Å². The second-order valence-corrected chi connectivity index (χ2v) is 6.76. The van der Waals surface area contributed by atoms with E-state index in [0.29, 0.717) is 12.1 Å². The molecule has 1 N–H and O–H groups in total. The number of hydrogen-bond donors (Lipinski definition) is 1. The van der Waals surface area contributed by atoms with Crippen molar-refractivity contribution in [1.29, 1.82) is 0 Å². The van der Waals surface area contributed by atoms with Crippen LogP contribution in [0.15, 0.2) is 36.5 Å². The molecule has 2 fully saturated rings.